The summed E-state index contributed by atoms with van der Waals surface area (Å²) in [6.45, 7) is 8.56. The first kappa shape index (κ1) is 24.8. The van der Waals surface area contributed by atoms with Crippen LogP contribution in [0.2, 0.25) is 0 Å². The summed E-state index contributed by atoms with van der Waals surface area (Å²) in [6.07, 6.45) is 3.60. The molecule has 0 amide bonds. The number of nitrogens with one attached hydrogen (secondary N) is 1. The molecular formula is C26H37NO7. The van der Waals surface area contributed by atoms with E-state index in [0.717, 1.165) is 18.5 Å². The zero-order valence-corrected chi connectivity index (χ0v) is 20.8. The van der Waals surface area contributed by atoms with Gasteiger partial charge in [0.1, 0.15) is 18.8 Å². The minimum absolute atomic E-state index is 0.0193. The standard InChI is InChI=1S/C26H37NO7/c1-16(2)6-9-21-26(4,34-21)24-23(30-5)19(10-11-25(24,3)14-28)33-22(29)13-27-17-7-8-18-20(12-17)32-15-31-18/h6-8,12,19,21,23-24,27-28H,9-11,13-15H2,1-5H3/t19-,21-,23-,24+,25-,26+/m1/s1. The molecule has 3 aliphatic rings. The normalized spacial score (nSPS) is 33.8. The summed E-state index contributed by atoms with van der Waals surface area (Å²) in [5.41, 5.74) is 1.17. The number of allylic oxidation sites excluding steroid dienone is 1. The van der Waals surface area contributed by atoms with Crippen molar-refractivity contribution >= 4 is 11.7 Å². The lowest BCUT2D eigenvalue weighted by molar-refractivity contribution is -0.181. The van der Waals surface area contributed by atoms with E-state index in [0.29, 0.717) is 17.9 Å². The third-order valence-corrected chi connectivity index (χ3v) is 7.51. The van der Waals surface area contributed by atoms with Crippen molar-refractivity contribution in [2.45, 2.75) is 70.9 Å². The Morgan fingerprint density at radius 3 is 2.74 bits per heavy atom. The molecule has 34 heavy (non-hydrogen) atoms. The van der Waals surface area contributed by atoms with Crippen LogP contribution < -0.4 is 14.8 Å². The molecule has 8 heteroatoms. The Bertz CT molecular complexity index is 930. The molecule has 188 valence electrons. The maximum Gasteiger partial charge on any atom is 0.325 e. The number of methoxy groups -OCH3 is 1. The van der Waals surface area contributed by atoms with Gasteiger partial charge in [0, 0.05) is 31.4 Å². The fourth-order valence-electron chi connectivity index (χ4n) is 5.57. The fraction of sp³-hybridized carbons (Fsp3) is 0.654. The topological polar surface area (TPSA) is 98.8 Å². The third kappa shape index (κ3) is 4.90. The van der Waals surface area contributed by atoms with Crippen molar-refractivity contribution in [3.63, 3.8) is 0 Å². The largest absolute Gasteiger partial charge is 0.458 e. The van der Waals surface area contributed by atoms with Gasteiger partial charge in [-0.1, -0.05) is 18.6 Å². The number of anilines is 1. The van der Waals surface area contributed by atoms with E-state index < -0.39 is 11.7 Å². The maximum absolute atomic E-state index is 12.7. The fourth-order valence-corrected chi connectivity index (χ4v) is 5.57. The Morgan fingerprint density at radius 1 is 1.26 bits per heavy atom. The summed E-state index contributed by atoms with van der Waals surface area (Å²) in [6, 6.07) is 5.44. The van der Waals surface area contributed by atoms with Crippen LogP contribution in [-0.4, -0.2) is 62.0 Å². The Kier molecular flexibility index (Phi) is 7.12. The van der Waals surface area contributed by atoms with Crippen LogP contribution in [0.25, 0.3) is 0 Å². The average Bonchev–Trinajstić information content (AvgIpc) is 3.24. The van der Waals surface area contributed by atoms with Crippen molar-refractivity contribution < 1.29 is 33.6 Å². The zero-order chi connectivity index (χ0) is 24.5. The van der Waals surface area contributed by atoms with Crippen molar-refractivity contribution in [1.82, 2.24) is 0 Å². The predicted octanol–water partition coefficient (Wildman–Crippen LogP) is 3.68. The molecule has 2 fully saturated rings. The molecule has 4 rings (SSSR count). The number of fused-ring (bicyclic) bond motifs is 1. The molecule has 2 heterocycles. The van der Waals surface area contributed by atoms with Crippen LogP contribution in [0.15, 0.2) is 29.8 Å². The number of rotatable bonds is 9. The van der Waals surface area contributed by atoms with Crippen LogP contribution in [-0.2, 0) is 19.0 Å². The van der Waals surface area contributed by atoms with Crippen molar-refractivity contribution in [2.75, 3.05) is 32.4 Å². The number of carbonyl (C=O) groups is 1. The Balaban J connectivity index is 1.41. The SMILES string of the molecule is CO[C@@H]1[C@H](OC(=O)CNc2ccc3c(c2)OCO3)CC[C@](C)(CO)[C@H]1[C@@]1(C)O[C@@H]1CC=C(C)C. The highest BCUT2D eigenvalue weighted by atomic mass is 16.7. The lowest BCUT2D eigenvalue weighted by Crippen LogP contribution is -2.57. The average molecular weight is 476 g/mol. The molecule has 0 spiro atoms. The first-order valence-electron chi connectivity index (χ1n) is 12.0. The highest BCUT2D eigenvalue weighted by molar-refractivity contribution is 5.75. The van der Waals surface area contributed by atoms with Gasteiger partial charge in [0.15, 0.2) is 11.5 Å². The van der Waals surface area contributed by atoms with Gasteiger partial charge in [-0.2, -0.15) is 0 Å². The molecule has 6 atom stereocenters. The van der Waals surface area contributed by atoms with Gasteiger partial charge in [0.05, 0.1) is 11.7 Å². The second-order valence-electron chi connectivity index (χ2n) is 10.3. The molecule has 0 bridgehead atoms. The molecule has 0 radical (unpaired) electrons. The van der Waals surface area contributed by atoms with Gasteiger partial charge >= 0.3 is 5.97 Å². The number of hydrogen-bond donors (Lipinski definition) is 2. The maximum atomic E-state index is 12.7. The number of esters is 1. The number of ether oxygens (including phenoxy) is 5. The molecule has 0 aromatic heterocycles. The number of hydrogen-bond acceptors (Lipinski definition) is 8. The van der Waals surface area contributed by atoms with Crippen molar-refractivity contribution in [3.8, 4) is 11.5 Å². The van der Waals surface area contributed by atoms with E-state index in [1.165, 1.54) is 5.57 Å². The minimum atomic E-state index is -0.445. The molecule has 8 nitrogen and oxygen atoms in total. The number of epoxide rings is 1. The van der Waals surface area contributed by atoms with Gasteiger partial charge in [0.2, 0.25) is 6.79 Å². The lowest BCUT2D eigenvalue weighted by Gasteiger charge is -2.49. The van der Waals surface area contributed by atoms with E-state index in [-0.39, 0.29) is 49.5 Å². The van der Waals surface area contributed by atoms with E-state index in [2.05, 4.69) is 39.1 Å². The predicted molar refractivity (Wildman–Crippen MR) is 127 cm³/mol. The zero-order valence-electron chi connectivity index (χ0n) is 20.8. The summed E-state index contributed by atoms with van der Waals surface area (Å²) in [5.74, 6) is 0.865. The van der Waals surface area contributed by atoms with E-state index in [9.17, 15) is 9.90 Å². The number of carbonyl (C=O) groups excluding carboxylic acids is 1. The highest BCUT2D eigenvalue weighted by Crippen LogP contribution is 2.57. The third-order valence-electron chi connectivity index (χ3n) is 7.51. The van der Waals surface area contributed by atoms with Gasteiger partial charge < -0.3 is 34.1 Å². The van der Waals surface area contributed by atoms with Gasteiger partial charge in [-0.3, -0.25) is 4.79 Å². The Morgan fingerprint density at radius 2 is 2.03 bits per heavy atom. The molecule has 1 aliphatic carbocycles. The van der Waals surface area contributed by atoms with Gasteiger partial charge in [-0.25, -0.2) is 0 Å². The first-order valence-corrected chi connectivity index (χ1v) is 12.0. The summed E-state index contributed by atoms with van der Waals surface area (Å²) in [7, 11) is 1.64. The van der Waals surface area contributed by atoms with E-state index in [4.69, 9.17) is 23.7 Å². The Hall–Kier alpha value is -2.29. The summed E-state index contributed by atoms with van der Waals surface area (Å²) in [4.78, 5) is 12.7. The van der Waals surface area contributed by atoms with Gasteiger partial charge in [-0.15, -0.1) is 0 Å². The molecule has 1 saturated heterocycles. The van der Waals surface area contributed by atoms with E-state index in [1.807, 2.05) is 6.07 Å². The van der Waals surface area contributed by atoms with Gasteiger partial charge in [0.25, 0.3) is 0 Å². The van der Waals surface area contributed by atoms with Crippen LogP contribution in [0.3, 0.4) is 0 Å². The van der Waals surface area contributed by atoms with Crippen LogP contribution in [0.4, 0.5) is 5.69 Å². The second-order valence-corrected chi connectivity index (χ2v) is 10.3. The van der Waals surface area contributed by atoms with E-state index >= 15 is 0 Å². The number of aliphatic hydroxyl groups excluding tert-OH is 1. The first-order chi connectivity index (χ1) is 16.2. The number of benzene rings is 1. The van der Waals surface area contributed by atoms with Gasteiger partial charge in [-0.05, 0) is 57.6 Å². The molecule has 0 unspecified atom stereocenters. The monoisotopic (exact) mass is 475 g/mol. The highest BCUT2D eigenvalue weighted by Gasteiger charge is 2.66. The summed E-state index contributed by atoms with van der Waals surface area (Å²) < 4.78 is 28.7. The van der Waals surface area contributed by atoms with Crippen LogP contribution in [0.1, 0.15) is 47.0 Å². The molecule has 2 aliphatic heterocycles. The molecular weight excluding hydrogens is 438 g/mol. The van der Waals surface area contributed by atoms with Crippen molar-refractivity contribution in [1.29, 1.82) is 0 Å². The number of aliphatic hydroxyl groups is 1. The quantitative estimate of drug-likeness (QED) is 0.317. The van der Waals surface area contributed by atoms with Crippen molar-refractivity contribution in [2.24, 2.45) is 11.3 Å². The molecule has 1 saturated carbocycles. The Labute approximate surface area is 201 Å². The molecule has 1 aromatic rings. The summed E-state index contributed by atoms with van der Waals surface area (Å²) >= 11 is 0. The van der Waals surface area contributed by atoms with Crippen molar-refractivity contribution in [3.05, 3.63) is 29.8 Å². The summed E-state index contributed by atoms with van der Waals surface area (Å²) in [5, 5.41) is 13.4. The van der Waals surface area contributed by atoms with Crippen LogP contribution in [0, 0.1) is 11.3 Å². The van der Waals surface area contributed by atoms with E-state index in [1.54, 1.807) is 19.2 Å². The smallest absolute Gasteiger partial charge is 0.325 e. The minimum Gasteiger partial charge on any atom is -0.458 e. The van der Waals surface area contributed by atoms with Crippen LogP contribution >= 0.6 is 0 Å². The molecule has 2 N–H and O–H groups in total. The van der Waals surface area contributed by atoms with Crippen LogP contribution in [0.5, 0.6) is 11.5 Å². The second kappa shape index (κ2) is 9.76. The molecule has 1 aromatic carbocycles. The lowest BCUT2D eigenvalue weighted by atomic mass is 9.60.